The van der Waals surface area contributed by atoms with Crippen LogP contribution in [-0.2, 0) is 4.79 Å². The van der Waals surface area contributed by atoms with Gasteiger partial charge >= 0.3 is 0 Å². The highest BCUT2D eigenvalue weighted by molar-refractivity contribution is 7.99. The van der Waals surface area contributed by atoms with Crippen molar-refractivity contribution in [1.29, 1.82) is 5.26 Å². The molecule has 0 bridgehead atoms. The van der Waals surface area contributed by atoms with Crippen LogP contribution in [0.3, 0.4) is 0 Å². The Balaban J connectivity index is 1.84. The molecule has 0 radical (unpaired) electrons. The molecule has 2 N–H and O–H groups in total. The first-order chi connectivity index (χ1) is 9.69. The van der Waals surface area contributed by atoms with E-state index in [1.165, 1.54) is 0 Å². The molecule has 0 saturated carbocycles. The minimum absolute atomic E-state index is 0.0357. The summed E-state index contributed by atoms with van der Waals surface area (Å²) >= 11 is 1.89. The summed E-state index contributed by atoms with van der Waals surface area (Å²) in [4.78, 5) is 12.0. The largest absolute Gasteiger partial charge is 0.350 e. The Hall–Kier alpha value is -1.51. The van der Waals surface area contributed by atoms with Crippen LogP contribution in [0, 0.1) is 11.3 Å². The van der Waals surface area contributed by atoms with Gasteiger partial charge in [0, 0.05) is 30.5 Å². The number of amides is 1. The van der Waals surface area contributed by atoms with Crippen molar-refractivity contribution in [3.8, 4) is 6.07 Å². The van der Waals surface area contributed by atoms with Gasteiger partial charge in [-0.05, 0) is 24.6 Å². The summed E-state index contributed by atoms with van der Waals surface area (Å²) in [6, 6.07) is 9.66. The van der Waals surface area contributed by atoms with Crippen LogP contribution in [0.2, 0.25) is 0 Å². The Bertz CT molecular complexity index is 489. The maximum Gasteiger partial charge on any atom is 0.222 e. The molecule has 20 heavy (non-hydrogen) atoms. The predicted molar refractivity (Wildman–Crippen MR) is 81.4 cm³/mol. The molecule has 1 fully saturated rings. The van der Waals surface area contributed by atoms with Crippen molar-refractivity contribution >= 4 is 17.7 Å². The van der Waals surface area contributed by atoms with E-state index in [2.05, 4.69) is 16.7 Å². The molecule has 4 nitrogen and oxygen atoms in total. The lowest BCUT2D eigenvalue weighted by Gasteiger charge is -2.23. The fourth-order valence-corrected chi connectivity index (χ4v) is 3.15. The van der Waals surface area contributed by atoms with Gasteiger partial charge in [-0.25, -0.2) is 0 Å². The van der Waals surface area contributed by atoms with Gasteiger partial charge in [0.2, 0.25) is 5.91 Å². The topological polar surface area (TPSA) is 64.9 Å². The Morgan fingerprint density at radius 1 is 1.55 bits per heavy atom. The summed E-state index contributed by atoms with van der Waals surface area (Å²) in [5.41, 5.74) is 1.65. The van der Waals surface area contributed by atoms with E-state index in [0.717, 1.165) is 23.6 Å². The molecule has 2 atom stereocenters. The van der Waals surface area contributed by atoms with E-state index in [4.69, 9.17) is 5.26 Å². The summed E-state index contributed by atoms with van der Waals surface area (Å²) in [7, 11) is 0. The molecule has 1 aromatic rings. The second-order valence-corrected chi connectivity index (χ2v) is 6.10. The molecule has 1 heterocycles. The lowest BCUT2D eigenvalue weighted by Crippen LogP contribution is -2.41. The molecule has 1 aliphatic rings. The van der Waals surface area contributed by atoms with Gasteiger partial charge in [0.1, 0.15) is 0 Å². The molecular formula is C15H19N3OS. The maximum atomic E-state index is 12.0. The second-order valence-electron chi connectivity index (χ2n) is 4.95. The molecule has 1 saturated heterocycles. The van der Waals surface area contributed by atoms with Crippen LogP contribution in [0.1, 0.15) is 30.5 Å². The average Bonchev–Trinajstić information content (AvgIpc) is 2.48. The summed E-state index contributed by atoms with van der Waals surface area (Å²) in [5, 5.41) is 15.1. The van der Waals surface area contributed by atoms with Gasteiger partial charge in [-0.3, -0.25) is 4.79 Å². The zero-order chi connectivity index (χ0) is 14.4. The summed E-state index contributed by atoms with van der Waals surface area (Å²) in [6.45, 7) is 2.94. The highest BCUT2D eigenvalue weighted by Gasteiger charge is 2.18. The van der Waals surface area contributed by atoms with E-state index in [1.54, 1.807) is 12.1 Å². The van der Waals surface area contributed by atoms with Gasteiger partial charge in [-0.1, -0.05) is 12.1 Å². The smallest absolute Gasteiger partial charge is 0.222 e. The zero-order valence-corrected chi connectivity index (χ0v) is 12.4. The highest BCUT2D eigenvalue weighted by Crippen LogP contribution is 2.14. The molecule has 0 spiro atoms. The fourth-order valence-electron chi connectivity index (χ4n) is 2.20. The number of carbonyl (C=O) groups excluding carboxylic acids is 1. The van der Waals surface area contributed by atoms with E-state index in [1.807, 2.05) is 30.8 Å². The first-order valence-corrected chi connectivity index (χ1v) is 7.95. The van der Waals surface area contributed by atoms with Crippen molar-refractivity contribution in [2.45, 2.75) is 25.4 Å². The van der Waals surface area contributed by atoms with Crippen molar-refractivity contribution in [1.82, 2.24) is 10.6 Å². The predicted octanol–water partition coefficient (Wildman–Crippen LogP) is 1.83. The zero-order valence-electron chi connectivity index (χ0n) is 11.6. The summed E-state index contributed by atoms with van der Waals surface area (Å²) in [6.07, 6.45) is 0.521. The molecule has 2 unspecified atom stereocenters. The standard InChI is InChI=1S/C15H19N3OS/c1-11(13-4-2-12(9-16)3-5-13)18-15(19)8-14-10-20-7-6-17-14/h2-5,11,14,17H,6-8,10H2,1H3,(H,18,19). The molecule has 1 amide bonds. The quantitative estimate of drug-likeness (QED) is 0.887. The maximum absolute atomic E-state index is 12.0. The number of carbonyl (C=O) groups is 1. The van der Waals surface area contributed by atoms with Gasteiger partial charge in [0.25, 0.3) is 0 Å². The van der Waals surface area contributed by atoms with E-state index in [0.29, 0.717) is 12.0 Å². The van der Waals surface area contributed by atoms with Gasteiger partial charge < -0.3 is 10.6 Å². The van der Waals surface area contributed by atoms with E-state index in [9.17, 15) is 4.79 Å². The van der Waals surface area contributed by atoms with Crippen LogP contribution in [0.25, 0.3) is 0 Å². The minimum Gasteiger partial charge on any atom is -0.350 e. The van der Waals surface area contributed by atoms with Crippen LogP contribution in [0.5, 0.6) is 0 Å². The third-order valence-corrected chi connectivity index (χ3v) is 4.48. The highest BCUT2D eigenvalue weighted by atomic mass is 32.2. The van der Waals surface area contributed by atoms with Crippen molar-refractivity contribution in [3.63, 3.8) is 0 Å². The minimum atomic E-state index is -0.0357. The second kappa shape index (κ2) is 7.32. The summed E-state index contributed by atoms with van der Waals surface area (Å²) in [5.74, 6) is 2.19. The molecule has 0 aromatic heterocycles. The number of thioether (sulfide) groups is 1. The third kappa shape index (κ3) is 4.26. The molecule has 1 aromatic carbocycles. The third-order valence-electron chi connectivity index (χ3n) is 3.35. The summed E-state index contributed by atoms with van der Waals surface area (Å²) < 4.78 is 0. The molecule has 0 aliphatic carbocycles. The fraction of sp³-hybridized carbons (Fsp3) is 0.467. The lowest BCUT2D eigenvalue weighted by molar-refractivity contribution is -0.122. The molecule has 106 valence electrons. The first kappa shape index (κ1) is 14.9. The first-order valence-electron chi connectivity index (χ1n) is 6.79. The molecule has 5 heteroatoms. The molecule has 2 rings (SSSR count). The average molecular weight is 289 g/mol. The van der Waals surface area contributed by atoms with Crippen LogP contribution in [0.15, 0.2) is 24.3 Å². The van der Waals surface area contributed by atoms with Crippen LogP contribution < -0.4 is 10.6 Å². The van der Waals surface area contributed by atoms with Crippen molar-refractivity contribution in [2.75, 3.05) is 18.1 Å². The Kier molecular flexibility index (Phi) is 5.45. The number of rotatable bonds is 4. The lowest BCUT2D eigenvalue weighted by atomic mass is 10.1. The molecular weight excluding hydrogens is 270 g/mol. The monoisotopic (exact) mass is 289 g/mol. The van der Waals surface area contributed by atoms with Crippen molar-refractivity contribution in [2.24, 2.45) is 0 Å². The van der Waals surface area contributed by atoms with Crippen LogP contribution in [0.4, 0.5) is 0 Å². The molecule has 1 aliphatic heterocycles. The van der Waals surface area contributed by atoms with Gasteiger partial charge in [0.05, 0.1) is 17.7 Å². The Morgan fingerprint density at radius 3 is 2.90 bits per heavy atom. The van der Waals surface area contributed by atoms with Crippen LogP contribution >= 0.6 is 11.8 Å². The van der Waals surface area contributed by atoms with Gasteiger partial charge in [0.15, 0.2) is 0 Å². The number of nitrogens with zero attached hydrogens (tertiary/aromatic N) is 1. The van der Waals surface area contributed by atoms with E-state index < -0.39 is 0 Å². The number of hydrogen-bond donors (Lipinski definition) is 2. The Morgan fingerprint density at radius 2 is 2.30 bits per heavy atom. The number of nitriles is 1. The Labute approximate surface area is 123 Å². The van der Waals surface area contributed by atoms with Crippen molar-refractivity contribution < 1.29 is 4.79 Å². The number of nitrogens with one attached hydrogen (secondary N) is 2. The van der Waals surface area contributed by atoms with Gasteiger partial charge in [-0.2, -0.15) is 17.0 Å². The van der Waals surface area contributed by atoms with E-state index >= 15 is 0 Å². The van der Waals surface area contributed by atoms with Crippen LogP contribution in [-0.4, -0.2) is 30.0 Å². The van der Waals surface area contributed by atoms with E-state index in [-0.39, 0.29) is 18.0 Å². The van der Waals surface area contributed by atoms with Gasteiger partial charge in [-0.15, -0.1) is 0 Å². The number of benzene rings is 1. The number of hydrogen-bond acceptors (Lipinski definition) is 4. The normalized spacial score (nSPS) is 19.9. The van der Waals surface area contributed by atoms with Crippen molar-refractivity contribution in [3.05, 3.63) is 35.4 Å². The SMILES string of the molecule is CC(NC(=O)CC1CSCCN1)c1ccc(C#N)cc1.